The van der Waals surface area contributed by atoms with Crippen LogP contribution >= 0.6 is 0 Å². The third kappa shape index (κ3) is 5.95. The highest BCUT2D eigenvalue weighted by Crippen LogP contribution is 2.77. The zero-order chi connectivity index (χ0) is 38.8. The number of aliphatic hydroxyl groups excluding tert-OH is 1. The Bertz CT molecular complexity index is 1820. The van der Waals surface area contributed by atoms with E-state index in [1.807, 2.05) is 18.2 Å². The number of hydrogen-bond acceptors (Lipinski definition) is 5. The van der Waals surface area contributed by atoms with E-state index in [2.05, 4.69) is 63.7 Å². The molecule has 8 nitrogen and oxygen atoms in total. The summed E-state index contributed by atoms with van der Waals surface area (Å²) < 4.78 is 0. The average molecular weight is 738 g/mol. The van der Waals surface area contributed by atoms with Crippen LogP contribution in [0.5, 0.6) is 0 Å². The van der Waals surface area contributed by atoms with Gasteiger partial charge in [-0.2, -0.15) is 0 Å². The molecule has 292 valence electrons. The topological polar surface area (TPSA) is 129 Å². The molecule has 2 amide bonds. The maximum atomic E-state index is 14.6. The molecule has 54 heavy (non-hydrogen) atoms. The van der Waals surface area contributed by atoms with E-state index < -0.39 is 11.4 Å². The lowest BCUT2D eigenvalue weighted by Gasteiger charge is -2.72. The Balaban J connectivity index is 1.05. The summed E-state index contributed by atoms with van der Waals surface area (Å²) in [5.74, 6) is 1.04. The third-order valence-corrected chi connectivity index (χ3v) is 16.9. The molecular weight excluding hydrogens is 675 g/mol. The van der Waals surface area contributed by atoms with Gasteiger partial charge >= 0.3 is 5.97 Å². The van der Waals surface area contributed by atoms with Crippen molar-refractivity contribution in [2.45, 2.75) is 125 Å². The predicted molar refractivity (Wildman–Crippen MR) is 210 cm³/mol. The molecule has 1 heterocycles. The number of carboxylic acids is 1. The second-order valence-electron chi connectivity index (χ2n) is 19.4. The van der Waals surface area contributed by atoms with Crippen LogP contribution in [-0.2, 0) is 17.8 Å². The van der Waals surface area contributed by atoms with Crippen LogP contribution in [0.4, 0.5) is 0 Å². The smallest absolute Gasteiger partial charge is 0.354 e. The number of rotatable bonds is 9. The zero-order valence-corrected chi connectivity index (χ0v) is 33.5. The first kappa shape index (κ1) is 38.7. The summed E-state index contributed by atoms with van der Waals surface area (Å²) in [4.78, 5) is 43.2. The Morgan fingerprint density at radius 3 is 2.39 bits per heavy atom. The fourth-order valence-corrected chi connectivity index (χ4v) is 13.9. The average Bonchev–Trinajstić information content (AvgIpc) is 3.54. The first-order chi connectivity index (χ1) is 25.5. The van der Waals surface area contributed by atoms with Crippen LogP contribution in [0.1, 0.15) is 138 Å². The standard InChI is InChI=1S/C46H63N3O5/c1-28(2)32-15-21-46(41(54)48-25-18-29-10-8-11-30(26-29)39(51)49-27-31-12-9-24-47-38(31)40(52)53)23-22-44(6)33(37(32)46)13-14-35-43(5)19-17-36(50)42(3,4)34(43)16-20-45(35,44)7/h8-12,24,26,32-37,50H,1,13-23,25,27H2,2-7H3,(H,48,54)(H,49,51)(H,52,53)/t32?,33?,34?,35?,36-,37?,43-,44+,45+,46-/m0/s1. The summed E-state index contributed by atoms with van der Waals surface area (Å²) in [6.45, 7) is 19.7. The molecule has 1 aromatic carbocycles. The highest BCUT2D eigenvalue weighted by atomic mass is 16.4. The minimum absolute atomic E-state index is 0.0605. The molecule has 7 rings (SSSR count). The molecule has 0 spiro atoms. The number of allylic oxidation sites excluding steroid dienone is 1. The van der Waals surface area contributed by atoms with Crippen molar-refractivity contribution < 1.29 is 24.6 Å². The monoisotopic (exact) mass is 737 g/mol. The fourth-order valence-electron chi connectivity index (χ4n) is 13.9. The SMILES string of the molecule is C=C(C)C1CC[C@]2(C(=O)NCCc3cccc(C(=O)NCc4cccnc4C(=O)O)c3)CC[C@]3(C)C(CCC4[C@@]5(C)CC[C@H](O)C(C)(C)C5CC[C@]43C)C12. The van der Waals surface area contributed by atoms with E-state index >= 15 is 0 Å². The fraction of sp³-hybridized carbons (Fsp3) is 0.652. The van der Waals surface area contributed by atoms with Gasteiger partial charge in [-0.25, -0.2) is 9.78 Å². The number of fused-ring (bicyclic) bond motifs is 7. The number of aromatic carboxylic acids is 1. The van der Waals surface area contributed by atoms with E-state index in [1.165, 1.54) is 37.5 Å². The van der Waals surface area contributed by atoms with Crippen molar-refractivity contribution in [2.75, 3.05) is 6.54 Å². The number of carbonyl (C=O) groups excluding carboxylic acids is 2. The number of aromatic nitrogens is 1. The van der Waals surface area contributed by atoms with Crippen molar-refractivity contribution in [3.05, 3.63) is 77.1 Å². The predicted octanol–water partition coefficient (Wildman–Crippen LogP) is 8.39. The van der Waals surface area contributed by atoms with Gasteiger partial charge in [-0.15, -0.1) is 0 Å². The van der Waals surface area contributed by atoms with Crippen LogP contribution in [0, 0.1) is 56.7 Å². The maximum absolute atomic E-state index is 14.6. The van der Waals surface area contributed by atoms with Gasteiger partial charge in [0, 0.05) is 30.4 Å². The van der Waals surface area contributed by atoms with Gasteiger partial charge in [0.05, 0.1) is 11.5 Å². The Morgan fingerprint density at radius 1 is 0.870 bits per heavy atom. The second kappa shape index (κ2) is 13.9. The highest BCUT2D eigenvalue weighted by molar-refractivity contribution is 5.94. The van der Waals surface area contributed by atoms with Gasteiger partial charge in [0.15, 0.2) is 5.69 Å². The molecule has 10 atom stereocenters. The molecule has 5 aliphatic carbocycles. The number of nitrogens with one attached hydrogen (secondary N) is 2. The number of benzene rings is 1. The normalized spacial score (nSPS) is 37.8. The van der Waals surface area contributed by atoms with Crippen LogP contribution in [0.3, 0.4) is 0 Å². The van der Waals surface area contributed by atoms with Crippen molar-refractivity contribution in [3.8, 4) is 0 Å². The number of carboxylic acid groups (broad SMARTS) is 1. The van der Waals surface area contributed by atoms with E-state index in [0.717, 1.165) is 44.1 Å². The van der Waals surface area contributed by atoms with Gasteiger partial charge in [0.1, 0.15) is 0 Å². The lowest BCUT2D eigenvalue weighted by atomic mass is 9.32. The van der Waals surface area contributed by atoms with E-state index in [1.54, 1.807) is 18.2 Å². The lowest BCUT2D eigenvalue weighted by molar-refractivity contribution is -0.246. The van der Waals surface area contributed by atoms with E-state index in [9.17, 15) is 24.6 Å². The first-order valence-corrected chi connectivity index (χ1v) is 20.7. The molecular formula is C46H63N3O5. The minimum atomic E-state index is -1.13. The summed E-state index contributed by atoms with van der Waals surface area (Å²) >= 11 is 0. The summed E-state index contributed by atoms with van der Waals surface area (Å²) in [5.41, 5.74) is 3.15. The van der Waals surface area contributed by atoms with Gasteiger partial charge in [-0.05, 0) is 153 Å². The number of amides is 2. The second-order valence-corrected chi connectivity index (χ2v) is 19.4. The number of nitrogens with zero attached hydrogens (tertiary/aromatic N) is 1. The van der Waals surface area contributed by atoms with Crippen LogP contribution in [0.15, 0.2) is 54.7 Å². The van der Waals surface area contributed by atoms with Crippen LogP contribution in [0.2, 0.25) is 0 Å². The van der Waals surface area contributed by atoms with Gasteiger partial charge in [-0.1, -0.05) is 65.0 Å². The summed E-state index contributed by atoms with van der Waals surface area (Å²) in [6.07, 6.45) is 12.5. The third-order valence-electron chi connectivity index (χ3n) is 16.9. The minimum Gasteiger partial charge on any atom is -0.477 e. The number of pyridine rings is 1. The molecule has 5 unspecified atom stereocenters. The molecule has 5 aliphatic rings. The van der Waals surface area contributed by atoms with Crippen LogP contribution in [0.25, 0.3) is 0 Å². The Labute approximate surface area is 322 Å². The van der Waals surface area contributed by atoms with Crippen molar-refractivity contribution in [3.63, 3.8) is 0 Å². The summed E-state index contributed by atoms with van der Waals surface area (Å²) in [7, 11) is 0. The number of aliphatic hydroxyl groups is 1. The Kier molecular flexibility index (Phi) is 9.97. The molecule has 0 aliphatic heterocycles. The molecule has 1 aromatic heterocycles. The molecule has 0 radical (unpaired) electrons. The van der Waals surface area contributed by atoms with Gasteiger partial charge < -0.3 is 20.8 Å². The van der Waals surface area contributed by atoms with Crippen molar-refractivity contribution in [1.82, 2.24) is 15.6 Å². The van der Waals surface area contributed by atoms with Crippen molar-refractivity contribution in [2.24, 2.45) is 56.7 Å². The van der Waals surface area contributed by atoms with Gasteiger partial charge in [-0.3, -0.25) is 9.59 Å². The molecule has 2 aromatic rings. The molecule has 5 saturated carbocycles. The van der Waals surface area contributed by atoms with Crippen LogP contribution < -0.4 is 10.6 Å². The molecule has 0 saturated heterocycles. The number of hydrogen-bond donors (Lipinski definition) is 4. The highest BCUT2D eigenvalue weighted by Gasteiger charge is 2.71. The summed E-state index contributed by atoms with van der Waals surface area (Å²) in [6, 6.07) is 10.7. The quantitative estimate of drug-likeness (QED) is 0.192. The maximum Gasteiger partial charge on any atom is 0.354 e. The molecule has 8 heteroatoms. The molecule has 4 N–H and O–H groups in total. The van der Waals surface area contributed by atoms with E-state index in [0.29, 0.717) is 47.8 Å². The Hall–Kier alpha value is -3.52. The molecule has 0 bridgehead atoms. The van der Waals surface area contributed by atoms with E-state index in [4.69, 9.17) is 0 Å². The Morgan fingerprint density at radius 2 is 1.65 bits per heavy atom. The van der Waals surface area contributed by atoms with Crippen LogP contribution in [-0.4, -0.2) is 45.6 Å². The van der Waals surface area contributed by atoms with Crippen molar-refractivity contribution >= 4 is 17.8 Å². The largest absolute Gasteiger partial charge is 0.477 e. The lowest BCUT2D eigenvalue weighted by Crippen LogP contribution is -2.67. The van der Waals surface area contributed by atoms with Gasteiger partial charge in [0.2, 0.25) is 5.91 Å². The molecule has 5 fully saturated rings. The zero-order valence-electron chi connectivity index (χ0n) is 33.5. The van der Waals surface area contributed by atoms with Gasteiger partial charge in [0.25, 0.3) is 5.91 Å². The first-order valence-electron chi connectivity index (χ1n) is 20.7. The number of carbonyl (C=O) groups is 3. The van der Waals surface area contributed by atoms with E-state index in [-0.39, 0.29) is 57.7 Å². The van der Waals surface area contributed by atoms with Crippen molar-refractivity contribution in [1.29, 1.82) is 0 Å². The summed E-state index contributed by atoms with van der Waals surface area (Å²) in [5, 5.41) is 26.8.